The fourth-order valence-corrected chi connectivity index (χ4v) is 1.79. The Bertz CT molecular complexity index is 602. The van der Waals surface area contributed by atoms with Gasteiger partial charge in [0.15, 0.2) is 0 Å². The molecule has 1 rings (SSSR count). The van der Waals surface area contributed by atoms with Crippen LogP contribution in [0.2, 0.25) is 0 Å². The van der Waals surface area contributed by atoms with E-state index in [0.29, 0.717) is 5.69 Å². The summed E-state index contributed by atoms with van der Waals surface area (Å²) in [5.74, 6) is -3.62. The number of nitrogens with one attached hydrogen (secondary N) is 3. The summed E-state index contributed by atoms with van der Waals surface area (Å²) in [4.78, 5) is 52.5. The Morgan fingerprint density at radius 1 is 1.29 bits per heavy atom. The van der Waals surface area contributed by atoms with Crippen LogP contribution in [0, 0.1) is 0 Å². The number of rotatable bonds is 9. The van der Waals surface area contributed by atoms with Crippen LogP contribution >= 0.6 is 0 Å². The van der Waals surface area contributed by atoms with Gasteiger partial charge in [0.05, 0.1) is 18.8 Å². The van der Waals surface area contributed by atoms with Gasteiger partial charge in [-0.2, -0.15) is 0 Å². The summed E-state index contributed by atoms with van der Waals surface area (Å²) in [6.07, 6.45) is 2.58. The van der Waals surface area contributed by atoms with Crippen molar-refractivity contribution in [3.63, 3.8) is 0 Å². The maximum Gasteiger partial charge on any atom is 0.325 e. The minimum absolute atomic E-state index is 0.141. The number of carboxylic acid groups (broad SMARTS) is 1. The molecule has 0 aromatic carbocycles. The van der Waals surface area contributed by atoms with Crippen molar-refractivity contribution in [2.75, 3.05) is 0 Å². The number of carboxylic acids is 1. The summed E-state index contributed by atoms with van der Waals surface area (Å²) in [5.41, 5.74) is 11.4. The van der Waals surface area contributed by atoms with Gasteiger partial charge < -0.3 is 32.2 Å². The molecular formula is C13H20N6O5. The van der Waals surface area contributed by atoms with Gasteiger partial charge in [0.2, 0.25) is 17.7 Å². The molecule has 0 aliphatic carbocycles. The second kappa shape index (κ2) is 8.62. The third kappa shape index (κ3) is 6.04. The van der Waals surface area contributed by atoms with Crippen molar-refractivity contribution >= 4 is 23.7 Å². The maximum atomic E-state index is 12.1. The van der Waals surface area contributed by atoms with Crippen molar-refractivity contribution in [1.82, 2.24) is 20.6 Å². The van der Waals surface area contributed by atoms with Gasteiger partial charge in [0.25, 0.3) is 0 Å². The number of aliphatic carboxylic acids is 1. The molecule has 24 heavy (non-hydrogen) atoms. The number of nitrogens with zero attached hydrogens (tertiary/aromatic N) is 1. The van der Waals surface area contributed by atoms with Gasteiger partial charge in [-0.15, -0.1) is 0 Å². The molecule has 0 bridgehead atoms. The van der Waals surface area contributed by atoms with E-state index in [0.717, 1.165) is 0 Å². The van der Waals surface area contributed by atoms with E-state index in [1.807, 2.05) is 0 Å². The standard InChI is InChI=1S/C13H20N6O5/c1-6(13(23)24)18-12(22)9(3-10(15)20)19-11(21)8(14)2-7-4-16-5-17-7/h4-6,8-9H,2-3,14H2,1H3,(H2,15,20)(H,16,17)(H,18,22)(H,19,21)(H,23,24). The molecular weight excluding hydrogens is 320 g/mol. The molecule has 1 aromatic heterocycles. The van der Waals surface area contributed by atoms with Crippen LogP contribution in [0.4, 0.5) is 0 Å². The van der Waals surface area contributed by atoms with Gasteiger partial charge >= 0.3 is 5.97 Å². The smallest absolute Gasteiger partial charge is 0.325 e. The Labute approximate surface area is 137 Å². The summed E-state index contributed by atoms with van der Waals surface area (Å²) in [6.45, 7) is 1.24. The largest absolute Gasteiger partial charge is 0.480 e. The fraction of sp³-hybridized carbons (Fsp3) is 0.462. The van der Waals surface area contributed by atoms with E-state index in [1.54, 1.807) is 0 Å². The molecule has 0 fully saturated rings. The van der Waals surface area contributed by atoms with Crippen molar-refractivity contribution < 1.29 is 24.3 Å². The number of H-pyrrole nitrogens is 1. The molecule has 8 N–H and O–H groups in total. The molecule has 0 spiro atoms. The first-order chi connectivity index (χ1) is 11.2. The second-order valence-electron chi connectivity index (χ2n) is 5.19. The van der Waals surface area contributed by atoms with Gasteiger partial charge in [-0.3, -0.25) is 19.2 Å². The monoisotopic (exact) mass is 340 g/mol. The number of carbonyl (C=O) groups is 4. The van der Waals surface area contributed by atoms with Crippen LogP contribution in [0.25, 0.3) is 0 Å². The highest BCUT2D eigenvalue weighted by Gasteiger charge is 2.27. The zero-order chi connectivity index (χ0) is 18.3. The van der Waals surface area contributed by atoms with E-state index < -0.39 is 48.2 Å². The molecule has 0 saturated heterocycles. The van der Waals surface area contributed by atoms with Crippen LogP contribution in [0.3, 0.4) is 0 Å². The predicted octanol–water partition coefficient (Wildman–Crippen LogP) is -2.77. The highest BCUT2D eigenvalue weighted by Crippen LogP contribution is 1.99. The van der Waals surface area contributed by atoms with Gasteiger partial charge in [0, 0.05) is 18.3 Å². The molecule has 11 nitrogen and oxygen atoms in total. The van der Waals surface area contributed by atoms with E-state index in [9.17, 15) is 19.2 Å². The number of amides is 3. The van der Waals surface area contributed by atoms with Gasteiger partial charge in [-0.1, -0.05) is 0 Å². The molecule has 0 aliphatic heterocycles. The van der Waals surface area contributed by atoms with E-state index in [4.69, 9.17) is 16.6 Å². The quantitative estimate of drug-likeness (QED) is 0.280. The third-order valence-corrected chi connectivity index (χ3v) is 3.10. The lowest BCUT2D eigenvalue weighted by Gasteiger charge is -2.20. The van der Waals surface area contributed by atoms with Crippen LogP contribution in [0.1, 0.15) is 19.0 Å². The maximum absolute atomic E-state index is 12.1. The number of aromatic nitrogens is 2. The molecule has 3 unspecified atom stereocenters. The number of hydrogen-bond acceptors (Lipinski definition) is 6. The lowest BCUT2D eigenvalue weighted by molar-refractivity contribution is -0.141. The first-order valence-corrected chi connectivity index (χ1v) is 7.05. The Hall–Kier alpha value is -2.95. The van der Waals surface area contributed by atoms with Crippen LogP contribution in [0.15, 0.2) is 12.5 Å². The van der Waals surface area contributed by atoms with Crippen molar-refractivity contribution in [2.24, 2.45) is 11.5 Å². The molecule has 132 valence electrons. The van der Waals surface area contributed by atoms with Crippen molar-refractivity contribution in [1.29, 1.82) is 0 Å². The Balaban J connectivity index is 2.70. The normalized spacial score (nSPS) is 14.2. The minimum Gasteiger partial charge on any atom is -0.480 e. The minimum atomic E-state index is -1.32. The first-order valence-electron chi connectivity index (χ1n) is 7.05. The van der Waals surface area contributed by atoms with Crippen molar-refractivity contribution in [3.8, 4) is 0 Å². The summed E-state index contributed by atoms with van der Waals surface area (Å²) in [7, 11) is 0. The average Bonchev–Trinajstić information content (AvgIpc) is 2.98. The number of aromatic amines is 1. The average molecular weight is 340 g/mol. The van der Waals surface area contributed by atoms with E-state index in [2.05, 4.69) is 20.6 Å². The van der Waals surface area contributed by atoms with Gasteiger partial charge in [-0.25, -0.2) is 4.98 Å². The lowest BCUT2D eigenvalue weighted by atomic mass is 10.1. The summed E-state index contributed by atoms with van der Waals surface area (Å²) < 4.78 is 0. The van der Waals surface area contributed by atoms with Crippen LogP contribution in [-0.4, -0.2) is 56.9 Å². The predicted molar refractivity (Wildman–Crippen MR) is 81.2 cm³/mol. The summed E-state index contributed by atoms with van der Waals surface area (Å²) in [5, 5.41) is 13.2. The molecule has 1 heterocycles. The molecule has 3 atom stereocenters. The van der Waals surface area contributed by atoms with Crippen LogP contribution in [0.5, 0.6) is 0 Å². The van der Waals surface area contributed by atoms with E-state index in [1.165, 1.54) is 19.4 Å². The highest BCUT2D eigenvalue weighted by molar-refractivity contribution is 5.94. The fourth-order valence-electron chi connectivity index (χ4n) is 1.79. The third-order valence-electron chi connectivity index (χ3n) is 3.10. The molecule has 0 saturated carbocycles. The highest BCUT2D eigenvalue weighted by atomic mass is 16.4. The molecule has 11 heteroatoms. The zero-order valence-electron chi connectivity index (χ0n) is 13.0. The summed E-state index contributed by atoms with van der Waals surface area (Å²) in [6, 6.07) is -3.50. The van der Waals surface area contributed by atoms with Crippen LogP contribution < -0.4 is 22.1 Å². The number of hydrogen-bond donors (Lipinski definition) is 6. The summed E-state index contributed by atoms with van der Waals surface area (Å²) >= 11 is 0. The van der Waals surface area contributed by atoms with Crippen LogP contribution in [-0.2, 0) is 25.6 Å². The van der Waals surface area contributed by atoms with Crippen molar-refractivity contribution in [2.45, 2.75) is 37.9 Å². The zero-order valence-corrected chi connectivity index (χ0v) is 13.0. The molecule has 1 aromatic rings. The Morgan fingerprint density at radius 2 is 1.96 bits per heavy atom. The van der Waals surface area contributed by atoms with E-state index >= 15 is 0 Å². The molecule has 0 radical (unpaired) electrons. The number of imidazole rings is 1. The van der Waals surface area contributed by atoms with E-state index in [-0.39, 0.29) is 6.42 Å². The molecule has 0 aliphatic rings. The second-order valence-corrected chi connectivity index (χ2v) is 5.19. The topological polar surface area (TPSA) is 193 Å². The van der Waals surface area contributed by atoms with Crippen molar-refractivity contribution in [3.05, 3.63) is 18.2 Å². The molecule has 3 amide bonds. The SMILES string of the molecule is CC(NC(=O)C(CC(N)=O)NC(=O)C(N)Cc1cnc[nH]1)C(=O)O. The van der Waals surface area contributed by atoms with Gasteiger partial charge in [0.1, 0.15) is 12.1 Å². The number of nitrogens with two attached hydrogens (primary N) is 2. The Kier molecular flexibility index (Phi) is 6.86. The first kappa shape index (κ1) is 19.1. The van der Waals surface area contributed by atoms with Gasteiger partial charge in [-0.05, 0) is 6.92 Å². The number of primary amides is 1. The Morgan fingerprint density at radius 3 is 2.46 bits per heavy atom. The number of carbonyl (C=O) groups excluding carboxylic acids is 3. The lowest BCUT2D eigenvalue weighted by Crippen LogP contribution is -2.55.